The Morgan fingerprint density at radius 2 is 1.79 bits per heavy atom. The number of hydrogen-bond acceptors (Lipinski definition) is 3. The molecule has 1 N–H and O–H groups in total. The van der Waals surface area contributed by atoms with Crippen LogP contribution in [0.2, 0.25) is 0 Å². The average Bonchev–Trinajstić information content (AvgIpc) is 3.25. The number of hydrogen-bond donors (Lipinski definition) is 1. The van der Waals surface area contributed by atoms with Crippen LogP contribution in [0.5, 0.6) is 0 Å². The largest absolute Gasteiger partial charge is 0.343 e. The SMILES string of the molecule is CC(c1ccc(-n2cnc3ccccc32)cc1)N(C)C(=O)CNC(=O)c1ccc(F)cc1F. The van der Waals surface area contributed by atoms with Crippen LogP contribution in [0, 0.1) is 11.6 Å². The lowest BCUT2D eigenvalue weighted by Gasteiger charge is -2.25. The highest BCUT2D eigenvalue weighted by atomic mass is 19.1. The van der Waals surface area contributed by atoms with E-state index in [0.29, 0.717) is 6.07 Å². The first-order chi connectivity index (χ1) is 15.8. The number of nitrogens with one attached hydrogen (secondary N) is 1. The first-order valence-electron chi connectivity index (χ1n) is 10.4. The van der Waals surface area contributed by atoms with E-state index in [4.69, 9.17) is 0 Å². The third kappa shape index (κ3) is 4.59. The van der Waals surface area contributed by atoms with Crippen LogP contribution in [-0.2, 0) is 4.79 Å². The van der Waals surface area contributed by atoms with Crippen molar-refractivity contribution in [1.82, 2.24) is 19.8 Å². The number of benzene rings is 3. The monoisotopic (exact) mass is 448 g/mol. The molecule has 0 aliphatic rings. The molecule has 6 nitrogen and oxygen atoms in total. The molecular formula is C25H22F2N4O2. The summed E-state index contributed by atoms with van der Waals surface area (Å²) < 4.78 is 28.8. The Balaban J connectivity index is 1.40. The Morgan fingerprint density at radius 1 is 1.06 bits per heavy atom. The number of amides is 2. The number of carbonyl (C=O) groups is 2. The highest BCUT2D eigenvalue weighted by molar-refractivity contribution is 5.96. The molecule has 0 spiro atoms. The molecule has 0 saturated carbocycles. The fourth-order valence-corrected chi connectivity index (χ4v) is 3.57. The number of aromatic nitrogens is 2. The van der Waals surface area contributed by atoms with Crippen molar-refractivity contribution in [1.29, 1.82) is 0 Å². The lowest BCUT2D eigenvalue weighted by atomic mass is 10.1. The van der Waals surface area contributed by atoms with Gasteiger partial charge in [0.2, 0.25) is 5.91 Å². The molecule has 168 valence electrons. The lowest BCUT2D eigenvalue weighted by molar-refractivity contribution is -0.130. The molecule has 8 heteroatoms. The van der Waals surface area contributed by atoms with Gasteiger partial charge in [0.1, 0.15) is 18.0 Å². The van der Waals surface area contributed by atoms with Gasteiger partial charge >= 0.3 is 0 Å². The molecule has 33 heavy (non-hydrogen) atoms. The van der Waals surface area contributed by atoms with Crippen molar-refractivity contribution in [2.75, 3.05) is 13.6 Å². The fraction of sp³-hybridized carbons (Fsp3) is 0.160. The predicted octanol–water partition coefficient (Wildman–Crippen LogP) is 4.25. The first-order valence-corrected chi connectivity index (χ1v) is 10.4. The van der Waals surface area contributed by atoms with Crippen LogP contribution < -0.4 is 5.32 Å². The second-order valence-electron chi connectivity index (χ2n) is 7.68. The molecule has 2 amide bonds. The van der Waals surface area contributed by atoms with Crippen molar-refractivity contribution in [3.05, 3.63) is 95.8 Å². The van der Waals surface area contributed by atoms with E-state index >= 15 is 0 Å². The molecule has 0 bridgehead atoms. The van der Waals surface area contributed by atoms with Gasteiger partial charge in [0, 0.05) is 18.8 Å². The normalized spacial score (nSPS) is 11.9. The van der Waals surface area contributed by atoms with Crippen LogP contribution in [0.1, 0.15) is 28.9 Å². The number of imidazole rings is 1. The van der Waals surface area contributed by atoms with Gasteiger partial charge in [-0.1, -0.05) is 24.3 Å². The molecule has 0 aliphatic heterocycles. The highest BCUT2D eigenvalue weighted by Crippen LogP contribution is 2.23. The van der Waals surface area contributed by atoms with Gasteiger partial charge in [-0.2, -0.15) is 0 Å². The van der Waals surface area contributed by atoms with Crippen LogP contribution in [0.4, 0.5) is 8.78 Å². The Hall–Kier alpha value is -4.07. The third-order valence-electron chi connectivity index (χ3n) is 5.66. The van der Waals surface area contributed by atoms with Crippen LogP contribution in [0.25, 0.3) is 16.7 Å². The summed E-state index contributed by atoms with van der Waals surface area (Å²) in [5, 5.41) is 2.39. The number of likely N-dealkylation sites (N-methyl/N-ethyl adjacent to an activating group) is 1. The smallest absolute Gasteiger partial charge is 0.254 e. The molecule has 3 aromatic carbocycles. The van der Waals surface area contributed by atoms with Crippen molar-refractivity contribution in [2.45, 2.75) is 13.0 Å². The molecular weight excluding hydrogens is 426 g/mol. The number of fused-ring (bicyclic) bond motifs is 1. The summed E-state index contributed by atoms with van der Waals surface area (Å²) >= 11 is 0. The molecule has 1 aromatic heterocycles. The molecule has 0 fully saturated rings. The van der Waals surface area contributed by atoms with Gasteiger partial charge in [0.25, 0.3) is 5.91 Å². The first kappa shape index (κ1) is 22.1. The van der Waals surface area contributed by atoms with E-state index in [9.17, 15) is 18.4 Å². The summed E-state index contributed by atoms with van der Waals surface area (Å²) in [6.07, 6.45) is 1.77. The quantitative estimate of drug-likeness (QED) is 0.480. The molecule has 0 saturated heterocycles. The topological polar surface area (TPSA) is 67.2 Å². The molecule has 4 rings (SSSR count). The van der Waals surface area contributed by atoms with Crippen molar-refractivity contribution in [2.24, 2.45) is 0 Å². The van der Waals surface area contributed by atoms with Crippen LogP contribution in [0.15, 0.2) is 73.1 Å². The van der Waals surface area contributed by atoms with Gasteiger partial charge in [0.05, 0.1) is 29.2 Å². The zero-order valence-electron chi connectivity index (χ0n) is 18.1. The van der Waals surface area contributed by atoms with Gasteiger partial charge in [-0.3, -0.25) is 14.2 Å². The number of rotatable bonds is 6. The maximum atomic E-state index is 13.8. The molecule has 0 radical (unpaired) electrons. The second kappa shape index (κ2) is 9.20. The highest BCUT2D eigenvalue weighted by Gasteiger charge is 2.19. The van der Waals surface area contributed by atoms with Crippen LogP contribution in [0.3, 0.4) is 0 Å². The van der Waals surface area contributed by atoms with E-state index in [2.05, 4.69) is 10.3 Å². The summed E-state index contributed by atoms with van der Waals surface area (Å²) in [5.41, 5.74) is 3.45. The van der Waals surface area contributed by atoms with E-state index < -0.39 is 17.5 Å². The van der Waals surface area contributed by atoms with Crippen molar-refractivity contribution < 1.29 is 18.4 Å². The molecule has 4 aromatic rings. The van der Waals surface area contributed by atoms with Crippen molar-refractivity contribution >= 4 is 22.8 Å². The van der Waals surface area contributed by atoms with E-state index in [0.717, 1.165) is 34.4 Å². The minimum atomic E-state index is -0.979. The summed E-state index contributed by atoms with van der Waals surface area (Å²) in [5.74, 6) is -2.88. The van der Waals surface area contributed by atoms with Gasteiger partial charge in [-0.25, -0.2) is 13.8 Å². The Labute approximate surface area is 189 Å². The lowest BCUT2D eigenvalue weighted by Crippen LogP contribution is -2.39. The summed E-state index contributed by atoms with van der Waals surface area (Å²) in [6, 6.07) is 18.0. The summed E-state index contributed by atoms with van der Waals surface area (Å²) in [4.78, 5) is 30.6. The van der Waals surface area contributed by atoms with E-state index in [1.54, 1.807) is 13.4 Å². The Morgan fingerprint density at radius 3 is 2.52 bits per heavy atom. The molecule has 1 atom stereocenters. The van der Waals surface area contributed by atoms with E-state index in [1.165, 1.54) is 4.90 Å². The standard InChI is InChI=1S/C25H22F2N4O2/c1-16(30(2)24(32)14-28-25(33)20-12-9-18(26)13-21(20)27)17-7-10-19(11-8-17)31-15-29-22-5-3-4-6-23(22)31/h3-13,15-16H,14H2,1-2H3,(H,28,33). The summed E-state index contributed by atoms with van der Waals surface area (Å²) in [7, 11) is 1.63. The maximum Gasteiger partial charge on any atom is 0.254 e. The molecule has 1 unspecified atom stereocenters. The Kier molecular flexibility index (Phi) is 6.17. The third-order valence-corrected chi connectivity index (χ3v) is 5.66. The number of carbonyl (C=O) groups excluding carboxylic acids is 2. The van der Waals surface area contributed by atoms with Gasteiger partial charge in [-0.15, -0.1) is 0 Å². The minimum Gasteiger partial charge on any atom is -0.343 e. The fourth-order valence-electron chi connectivity index (χ4n) is 3.57. The number of halogens is 2. The maximum absolute atomic E-state index is 13.8. The van der Waals surface area contributed by atoms with Crippen molar-refractivity contribution in [3.63, 3.8) is 0 Å². The second-order valence-corrected chi connectivity index (χ2v) is 7.68. The average molecular weight is 448 g/mol. The van der Waals surface area contributed by atoms with Gasteiger partial charge < -0.3 is 10.2 Å². The number of para-hydroxylation sites is 2. The van der Waals surface area contributed by atoms with E-state index in [1.807, 2.05) is 60.0 Å². The minimum absolute atomic E-state index is 0.259. The number of nitrogens with zero attached hydrogens (tertiary/aromatic N) is 3. The van der Waals surface area contributed by atoms with Gasteiger partial charge in [-0.05, 0) is 48.9 Å². The predicted molar refractivity (Wildman–Crippen MR) is 121 cm³/mol. The zero-order chi connectivity index (χ0) is 23.5. The zero-order valence-corrected chi connectivity index (χ0v) is 18.1. The van der Waals surface area contributed by atoms with Crippen LogP contribution in [-0.4, -0.2) is 39.9 Å². The van der Waals surface area contributed by atoms with Crippen molar-refractivity contribution in [3.8, 4) is 5.69 Å². The van der Waals surface area contributed by atoms with Crippen LogP contribution >= 0.6 is 0 Å². The summed E-state index contributed by atoms with van der Waals surface area (Å²) in [6.45, 7) is 1.57. The van der Waals surface area contributed by atoms with E-state index in [-0.39, 0.29) is 24.1 Å². The Bertz CT molecular complexity index is 1320. The molecule has 0 aliphatic carbocycles. The molecule has 1 heterocycles. The van der Waals surface area contributed by atoms with Gasteiger partial charge in [0.15, 0.2) is 0 Å².